The van der Waals surface area contributed by atoms with Crippen molar-refractivity contribution < 1.29 is 4.84 Å². The average molecular weight is 202 g/mol. The largest absolute Gasteiger partial charge is 0.399 e. The topological polar surface area (TPSA) is 73.6 Å². The van der Waals surface area contributed by atoms with Crippen molar-refractivity contribution in [1.82, 2.24) is 0 Å². The fraction of sp³-hybridized carbons (Fsp3) is 0.375. The van der Waals surface area contributed by atoms with Crippen LogP contribution in [0.1, 0.15) is 6.92 Å². The van der Waals surface area contributed by atoms with E-state index in [9.17, 15) is 0 Å². The first kappa shape index (κ1) is 10.1. The molecule has 0 spiro atoms. The van der Waals surface area contributed by atoms with E-state index in [2.05, 4.69) is 9.99 Å². The molecule has 4 N–H and O–H groups in total. The molecule has 1 atom stereocenters. The van der Waals surface area contributed by atoms with E-state index in [1.165, 1.54) is 7.11 Å². The molecule has 1 aliphatic rings. The summed E-state index contributed by atoms with van der Waals surface area (Å²) in [5.41, 5.74) is 13.4. The van der Waals surface area contributed by atoms with Crippen LogP contribution in [0.15, 0.2) is 27.5 Å². The van der Waals surface area contributed by atoms with E-state index in [-0.39, 0.29) is 0 Å². The Kier molecular flexibility index (Phi) is 2.95. The van der Waals surface area contributed by atoms with Crippen molar-refractivity contribution in [3.05, 3.63) is 22.4 Å². The number of rotatable bonds is 1. The van der Waals surface area contributed by atoms with Gasteiger partial charge in [0.1, 0.15) is 12.8 Å². The fourth-order valence-corrected chi connectivity index (χ4v) is 1.32. The lowest BCUT2D eigenvalue weighted by atomic mass is 10.00. The van der Waals surface area contributed by atoms with E-state index in [1.807, 2.05) is 6.92 Å². The molecule has 1 rings (SSSR count). The highest BCUT2D eigenvalue weighted by Crippen LogP contribution is 2.22. The predicted octanol–water partition coefficient (Wildman–Crippen LogP) is 0.685. The zero-order valence-corrected chi connectivity index (χ0v) is 8.30. The Morgan fingerprint density at radius 2 is 2.23 bits per heavy atom. The second-order valence-corrected chi connectivity index (χ2v) is 3.17. The van der Waals surface area contributed by atoms with Gasteiger partial charge in [-0.25, -0.2) is 0 Å². The van der Waals surface area contributed by atoms with Crippen molar-refractivity contribution in [3.63, 3.8) is 0 Å². The lowest BCUT2D eigenvalue weighted by Crippen LogP contribution is -2.34. The maximum atomic E-state index is 5.90. The first-order chi connectivity index (χ1) is 6.07. The van der Waals surface area contributed by atoms with Gasteiger partial charge in [0.2, 0.25) is 0 Å². The summed E-state index contributed by atoms with van der Waals surface area (Å²) in [7, 11) is 1.46. The molecule has 72 valence electrons. The summed E-state index contributed by atoms with van der Waals surface area (Å²) in [5, 5.41) is 4.15. The summed E-state index contributed by atoms with van der Waals surface area (Å²) in [6.07, 6.45) is 1.76. The van der Waals surface area contributed by atoms with Gasteiger partial charge in [0.05, 0.1) is 16.8 Å². The van der Waals surface area contributed by atoms with Crippen LogP contribution in [-0.2, 0) is 4.84 Å². The molecule has 4 nitrogen and oxygen atoms in total. The number of hydrogen-bond donors (Lipinski definition) is 2. The third-order valence-corrected chi connectivity index (χ3v) is 2.27. The molecular weight excluding hydrogens is 190 g/mol. The zero-order valence-electron chi connectivity index (χ0n) is 7.54. The van der Waals surface area contributed by atoms with Crippen LogP contribution in [0.5, 0.6) is 0 Å². The highest BCUT2D eigenvalue weighted by atomic mass is 35.5. The first-order valence-electron chi connectivity index (χ1n) is 3.78. The van der Waals surface area contributed by atoms with E-state index >= 15 is 0 Å². The standard InChI is InChI=1S/C8H12ClN3O/c1-4-3-5(12-13-2)8(11)6(9)7(4)10/h3,8H,10-11H2,1-2H3. The Morgan fingerprint density at radius 3 is 2.77 bits per heavy atom. The molecule has 0 saturated carbocycles. The number of oxime groups is 1. The van der Waals surface area contributed by atoms with Crippen LogP contribution in [0.3, 0.4) is 0 Å². The van der Waals surface area contributed by atoms with Crippen molar-refractivity contribution in [2.24, 2.45) is 16.6 Å². The minimum Gasteiger partial charge on any atom is -0.399 e. The summed E-state index contributed by atoms with van der Waals surface area (Å²) >= 11 is 5.90. The Balaban J connectivity index is 3.07. The maximum absolute atomic E-state index is 5.90. The molecule has 0 aromatic carbocycles. The van der Waals surface area contributed by atoms with Crippen LogP contribution in [0.4, 0.5) is 0 Å². The minimum atomic E-state index is -0.481. The van der Waals surface area contributed by atoms with Crippen LogP contribution >= 0.6 is 11.6 Å². The molecule has 0 saturated heterocycles. The van der Waals surface area contributed by atoms with Gasteiger partial charge in [-0.05, 0) is 18.6 Å². The van der Waals surface area contributed by atoms with Gasteiger partial charge in [0, 0.05) is 0 Å². The first-order valence-corrected chi connectivity index (χ1v) is 4.16. The molecule has 1 aliphatic carbocycles. The SMILES string of the molecule is CON=C1C=C(C)C(N)=C(Cl)C1N. The Morgan fingerprint density at radius 1 is 1.62 bits per heavy atom. The van der Waals surface area contributed by atoms with Crippen LogP contribution in [0.25, 0.3) is 0 Å². The molecule has 5 heteroatoms. The number of nitrogens with zero attached hydrogens (tertiary/aromatic N) is 1. The second kappa shape index (κ2) is 3.81. The Labute approximate surface area is 81.9 Å². The maximum Gasteiger partial charge on any atom is 0.106 e. The van der Waals surface area contributed by atoms with E-state index in [4.69, 9.17) is 23.1 Å². The van der Waals surface area contributed by atoms with Crippen LogP contribution in [0.2, 0.25) is 0 Å². The lowest BCUT2D eigenvalue weighted by Gasteiger charge is -2.19. The molecule has 0 heterocycles. The number of halogens is 1. The predicted molar refractivity (Wildman–Crippen MR) is 53.2 cm³/mol. The van der Waals surface area contributed by atoms with Gasteiger partial charge in [-0.3, -0.25) is 0 Å². The Hall–Kier alpha value is -1.00. The molecular formula is C8H12ClN3O. The molecule has 0 bridgehead atoms. The molecule has 1 unspecified atom stereocenters. The van der Waals surface area contributed by atoms with E-state index < -0.39 is 6.04 Å². The third-order valence-electron chi connectivity index (χ3n) is 1.83. The fourth-order valence-electron chi connectivity index (χ4n) is 1.06. The molecule has 0 amide bonds. The van der Waals surface area contributed by atoms with Crippen molar-refractivity contribution in [1.29, 1.82) is 0 Å². The smallest absolute Gasteiger partial charge is 0.106 e. The van der Waals surface area contributed by atoms with Gasteiger partial charge >= 0.3 is 0 Å². The summed E-state index contributed by atoms with van der Waals surface area (Å²) in [5.74, 6) is 0. The lowest BCUT2D eigenvalue weighted by molar-refractivity contribution is 0.213. The van der Waals surface area contributed by atoms with Crippen molar-refractivity contribution in [2.75, 3.05) is 7.11 Å². The van der Waals surface area contributed by atoms with Gasteiger partial charge in [-0.1, -0.05) is 16.8 Å². The van der Waals surface area contributed by atoms with Crippen molar-refractivity contribution in [2.45, 2.75) is 13.0 Å². The monoisotopic (exact) mass is 201 g/mol. The minimum absolute atomic E-state index is 0.413. The molecule has 0 aliphatic heterocycles. The highest BCUT2D eigenvalue weighted by molar-refractivity contribution is 6.34. The normalized spacial score (nSPS) is 26.3. The van der Waals surface area contributed by atoms with Gasteiger partial charge in [-0.15, -0.1) is 0 Å². The molecule has 0 radical (unpaired) electrons. The zero-order chi connectivity index (χ0) is 10.0. The number of hydrogen-bond acceptors (Lipinski definition) is 4. The van der Waals surface area contributed by atoms with Gasteiger partial charge in [-0.2, -0.15) is 0 Å². The third kappa shape index (κ3) is 1.84. The quantitative estimate of drug-likeness (QED) is 0.613. The van der Waals surface area contributed by atoms with Crippen molar-refractivity contribution in [3.8, 4) is 0 Å². The molecule has 13 heavy (non-hydrogen) atoms. The summed E-state index contributed by atoms with van der Waals surface area (Å²) in [6.45, 7) is 1.84. The van der Waals surface area contributed by atoms with E-state index in [0.29, 0.717) is 16.4 Å². The average Bonchev–Trinajstić information content (AvgIpc) is 2.11. The van der Waals surface area contributed by atoms with Gasteiger partial charge in [0.15, 0.2) is 0 Å². The molecule has 0 aromatic rings. The number of nitrogens with two attached hydrogens (primary N) is 2. The second-order valence-electron chi connectivity index (χ2n) is 2.77. The summed E-state index contributed by atoms with van der Waals surface area (Å²) in [6, 6.07) is -0.481. The number of allylic oxidation sites excluding steroid dienone is 1. The van der Waals surface area contributed by atoms with E-state index in [1.54, 1.807) is 6.08 Å². The van der Waals surface area contributed by atoms with Gasteiger partial charge < -0.3 is 16.3 Å². The summed E-state index contributed by atoms with van der Waals surface area (Å²) in [4.78, 5) is 4.62. The molecule has 0 aromatic heterocycles. The van der Waals surface area contributed by atoms with Crippen LogP contribution in [-0.4, -0.2) is 18.9 Å². The van der Waals surface area contributed by atoms with E-state index in [0.717, 1.165) is 5.57 Å². The van der Waals surface area contributed by atoms with Gasteiger partial charge in [0.25, 0.3) is 0 Å². The summed E-state index contributed by atoms with van der Waals surface area (Å²) < 4.78 is 0. The van der Waals surface area contributed by atoms with Crippen molar-refractivity contribution >= 4 is 17.3 Å². The molecule has 0 fully saturated rings. The van der Waals surface area contributed by atoms with Crippen LogP contribution < -0.4 is 11.5 Å². The highest BCUT2D eigenvalue weighted by Gasteiger charge is 2.22. The van der Waals surface area contributed by atoms with Crippen LogP contribution in [0, 0.1) is 0 Å². The Bertz CT molecular complexity index is 307.